The summed E-state index contributed by atoms with van der Waals surface area (Å²) in [4.78, 5) is 28.6. The normalized spacial score (nSPS) is 17.4. The summed E-state index contributed by atoms with van der Waals surface area (Å²) in [7, 11) is 0. The number of rotatable bonds is 9. The van der Waals surface area contributed by atoms with E-state index in [1.165, 1.54) is 24.2 Å². The predicted octanol–water partition coefficient (Wildman–Crippen LogP) is 4.45. The van der Waals surface area contributed by atoms with Gasteiger partial charge in [0.2, 0.25) is 0 Å². The Morgan fingerprint density at radius 2 is 1.81 bits per heavy atom. The maximum Gasteiger partial charge on any atom is 0.293 e. The first kappa shape index (κ1) is 21.2. The molecular formula is C26H28N2O3S. The summed E-state index contributed by atoms with van der Waals surface area (Å²) in [6.07, 6.45) is 5.72. The van der Waals surface area contributed by atoms with Crippen molar-refractivity contribution in [3.63, 3.8) is 0 Å². The average molecular weight is 449 g/mol. The minimum absolute atomic E-state index is 0.117. The molecule has 32 heavy (non-hydrogen) atoms. The summed E-state index contributed by atoms with van der Waals surface area (Å²) in [5.41, 5.74) is 1.13. The van der Waals surface area contributed by atoms with Crippen LogP contribution in [-0.4, -0.2) is 48.4 Å². The minimum Gasteiger partial charge on any atom is -0.490 e. The molecule has 5 nitrogen and oxygen atoms in total. The molecule has 0 radical (unpaired) electrons. The number of amides is 1. The molecule has 1 aromatic heterocycles. The van der Waals surface area contributed by atoms with Gasteiger partial charge in [-0.3, -0.25) is 9.59 Å². The van der Waals surface area contributed by atoms with E-state index in [0.29, 0.717) is 17.4 Å². The van der Waals surface area contributed by atoms with E-state index in [1.54, 1.807) is 0 Å². The number of Topliss-reactive ketones (excluding diaryl/α,β-unsaturated/α-hetero) is 1. The van der Waals surface area contributed by atoms with Crippen molar-refractivity contribution in [3.05, 3.63) is 65.0 Å². The quantitative estimate of drug-likeness (QED) is 0.388. The topological polar surface area (TPSA) is 58.6 Å². The Morgan fingerprint density at radius 3 is 2.53 bits per heavy atom. The molecule has 2 fully saturated rings. The van der Waals surface area contributed by atoms with Crippen LogP contribution in [0.2, 0.25) is 0 Å². The molecule has 1 saturated carbocycles. The van der Waals surface area contributed by atoms with Crippen LogP contribution in [0.1, 0.15) is 40.9 Å². The van der Waals surface area contributed by atoms with Crippen LogP contribution < -0.4 is 10.1 Å². The Morgan fingerprint density at radius 1 is 1.06 bits per heavy atom. The number of ketones is 1. The van der Waals surface area contributed by atoms with Crippen LogP contribution in [0.3, 0.4) is 0 Å². The third-order valence-corrected chi connectivity index (χ3v) is 7.22. The molecule has 2 aromatic carbocycles. The van der Waals surface area contributed by atoms with Gasteiger partial charge in [0.25, 0.3) is 11.7 Å². The van der Waals surface area contributed by atoms with E-state index in [0.717, 1.165) is 53.9 Å². The lowest BCUT2D eigenvalue weighted by atomic mass is 10.0. The van der Waals surface area contributed by atoms with Crippen LogP contribution in [0.4, 0.5) is 0 Å². The van der Waals surface area contributed by atoms with Crippen LogP contribution in [0, 0.1) is 0 Å². The monoisotopic (exact) mass is 448 g/mol. The highest BCUT2D eigenvalue weighted by molar-refractivity contribution is 7.21. The van der Waals surface area contributed by atoms with Gasteiger partial charge in [0.15, 0.2) is 0 Å². The summed E-state index contributed by atoms with van der Waals surface area (Å²) in [5.74, 6) is -0.0726. The first-order valence-corrected chi connectivity index (χ1v) is 12.3. The average Bonchev–Trinajstić information content (AvgIpc) is 3.28. The Bertz CT molecular complexity index is 1060. The predicted molar refractivity (Wildman–Crippen MR) is 128 cm³/mol. The number of carbonyl (C=O) groups is 2. The zero-order chi connectivity index (χ0) is 21.9. The lowest BCUT2D eigenvalue weighted by Gasteiger charge is -2.24. The molecule has 2 aliphatic rings. The Hall–Kier alpha value is -2.70. The van der Waals surface area contributed by atoms with E-state index < -0.39 is 11.7 Å². The summed E-state index contributed by atoms with van der Waals surface area (Å²) < 4.78 is 6.86. The van der Waals surface area contributed by atoms with E-state index >= 15 is 0 Å². The molecule has 1 saturated heterocycles. The Kier molecular flexibility index (Phi) is 6.23. The molecule has 1 atom stereocenters. The van der Waals surface area contributed by atoms with Gasteiger partial charge in [-0.1, -0.05) is 30.3 Å². The number of thiophene rings is 1. The van der Waals surface area contributed by atoms with Crippen molar-refractivity contribution in [3.8, 4) is 5.75 Å². The molecule has 1 N–H and O–H groups in total. The molecule has 0 bridgehead atoms. The molecular weight excluding hydrogens is 420 g/mol. The fraction of sp³-hybridized carbons (Fsp3) is 0.385. The van der Waals surface area contributed by atoms with Crippen molar-refractivity contribution in [1.82, 2.24) is 10.2 Å². The highest BCUT2D eigenvalue weighted by Crippen LogP contribution is 2.27. The summed E-state index contributed by atoms with van der Waals surface area (Å²) >= 11 is 1.37. The molecule has 166 valence electrons. The molecule has 2 heterocycles. The number of nitrogens with one attached hydrogen (secondary N) is 1. The largest absolute Gasteiger partial charge is 0.490 e. The lowest BCUT2D eigenvalue weighted by Crippen LogP contribution is -2.46. The van der Waals surface area contributed by atoms with Gasteiger partial charge in [0, 0.05) is 17.3 Å². The van der Waals surface area contributed by atoms with Crippen molar-refractivity contribution >= 4 is 33.1 Å². The number of carbonyl (C=O) groups excluding carboxylic acids is 2. The van der Waals surface area contributed by atoms with Gasteiger partial charge >= 0.3 is 0 Å². The lowest BCUT2D eigenvalue weighted by molar-refractivity contribution is -0.117. The molecule has 1 aliphatic carbocycles. The SMILES string of the molecule is O=C(N[C@@H](Cc1ccc(OC2CC2)cc1)CN1CCCC1)C(=O)c1cc2ccccc2s1. The molecule has 0 spiro atoms. The summed E-state index contributed by atoms with van der Waals surface area (Å²) in [6, 6.07) is 17.7. The molecule has 0 unspecified atom stereocenters. The molecule has 1 aliphatic heterocycles. The number of hydrogen-bond donors (Lipinski definition) is 1. The van der Waals surface area contributed by atoms with Gasteiger partial charge in [-0.15, -0.1) is 11.3 Å². The third kappa shape index (κ3) is 5.19. The molecule has 5 rings (SSSR count). The molecule has 6 heteroatoms. The molecule has 1 amide bonds. The van der Waals surface area contributed by atoms with Crippen molar-refractivity contribution in [2.45, 2.75) is 44.2 Å². The fourth-order valence-electron chi connectivity index (χ4n) is 4.26. The van der Waals surface area contributed by atoms with Crippen LogP contribution in [0.15, 0.2) is 54.6 Å². The highest BCUT2D eigenvalue weighted by atomic mass is 32.1. The second-order valence-corrected chi connectivity index (χ2v) is 9.90. The Balaban J connectivity index is 1.27. The van der Waals surface area contributed by atoms with E-state index in [4.69, 9.17) is 4.74 Å². The van der Waals surface area contributed by atoms with E-state index in [-0.39, 0.29) is 6.04 Å². The number of nitrogens with zero attached hydrogens (tertiary/aromatic N) is 1. The van der Waals surface area contributed by atoms with Gasteiger partial charge in [0.05, 0.1) is 11.0 Å². The zero-order valence-corrected chi connectivity index (χ0v) is 18.9. The van der Waals surface area contributed by atoms with Crippen LogP contribution in [0.25, 0.3) is 10.1 Å². The van der Waals surface area contributed by atoms with Crippen molar-refractivity contribution in [1.29, 1.82) is 0 Å². The second kappa shape index (κ2) is 9.43. The third-order valence-electron chi connectivity index (χ3n) is 6.10. The molecule has 3 aromatic rings. The van der Waals surface area contributed by atoms with Crippen LogP contribution in [0.5, 0.6) is 5.75 Å². The zero-order valence-electron chi connectivity index (χ0n) is 18.1. The maximum absolute atomic E-state index is 12.9. The van der Waals surface area contributed by atoms with Gasteiger partial charge < -0.3 is 15.0 Å². The van der Waals surface area contributed by atoms with Gasteiger partial charge in [-0.25, -0.2) is 0 Å². The van der Waals surface area contributed by atoms with Gasteiger partial charge in [-0.2, -0.15) is 0 Å². The van der Waals surface area contributed by atoms with Crippen LogP contribution >= 0.6 is 11.3 Å². The minimum atomic E-state index is -0.519. The van der Waals surface area contributed by atoms with Crippen molar-refractivity contribution in [2.24, 2.45) is 0 Å². The maximum atomic E-state index is 12.9. The smallest absolute Gasteiger partial charge is 0.293 e. The number of benzene rings is 2. The number of ether oxygens (including phenoxy) is 1. The van der Waals surface area contributed by atoms with Crippen molar-refractivity contribution < 1.29 is 14.3 Å². The fourth-order valence-corrected chi connectivity index (χ4v) is 5.26. The van der Waals surface area contributed by atoms with E-state index in [1.807, 2.05) is 42.5 Å². The van der Waals surface area contributed by atoms with Crippen LogP contribution in [-0.2, 0) is 11.2 Å². The first-order valence-electron chi connectivity index (χ1n) is 11.5. The number of likely N-dealkylation sites (tertiary alicyclic amines) is 1. The first-order chi connectivity index (χ1) is 15.6. The van der Waals surface area contributed by atoms with Crippen molar-refractivity contribution in [2.75, 3.05) is 19.6 Å². The van der Waals surface area contributed by atoms with E-state index in [2.05, 4.69) is 22.3 Å². The van der Waals surface area contributed by atoms with Gasteiger partial charge in [0.1, 0.15) is 5.75 Å². The summed E-state index contributed by atoms with van der Waals surface area (Å²) in [5, 5.41) is 4.03. The highest BCUT2D eigenvalue weighted by Gasteiger charge is 2.25. The second-order valence-electron chi connectivity index (χ2n) is 8.82. The van der Waals surface area contributed by atoms with Gasteiger partial charge in [-0.05, 0) is 80.4 Å². The number of hydrogen-bond acceptors (Lipinski definition) is 5. The number of fused-ring (bicyclic) bond motifs is 1. The Labute approximate surface area is 192 Å². The van der Waals surface area contributed by atoms with E-state index in [9.17, 15) is 9.59 Å². The standard InChI is InChI=1S/C26H28N2O3S/c29-25(24-16-19-5-1-2-6-23(19)32-24)26(30)27-20(17-28-13-3-4-14-28)15-18-7-9-21(10-8-18)31-22-11-12-22/h1-2,5-10,16,20,22H,3-4,11-15,17H2,(H,27,30)/t20-/m0/s1. The summed E-state index contributed by atoms with van der Waals surface area (Å²) in [6.45, 7) is 2.85.